The Balaban J connectivity index is 1.76. The minimum Gasteiger partial charge on any atom is -0.466 e. The Morgan fingerprint density at radius 1 is 1.57 bits per heavy atom. The first-order valence-corrected chi connectivity index (χ1v) is 7.45. The number of fused-ring (bicyclic) bond motifs is 1. The van der Waals surface area contributed by atoms with E-state index in [4.69, 9.17) is 4.42 Å². The van der Waals surface area contributed by atoms with Crippen LogP contribution in [-0.4, -0.2) is 9.78 Å². The maximum atomic E-state index is 5.88. The number of nitrogens with one attached hydrogen (secondary N) is 1. The van der Waals surface area contributed by atoms with Crippen LogP contribution in [0, 0.1) is 12.3 Å². The summed E-state index contributed by atoms with van der Waals surface area (Å²) < 4.78 is 7.61. The summed E-state index contributed by atoms with van der Waals surface area (Å²) in [6.07, 6.45) is 7.71. The zero-order valence-electron chi connectivity index (χ0n) is 13.0. The SMILES string of the molecule is C=Cn1cc(CNC2CC(C)(C)Cc3oc(C)cc32)cn1. The molecule has 0 aromatic carbocycles. The average molecular weight is 285 g/mol. The molecule has 1 unspecified atom stereocenters. The van der Waals surface area contributed by atoms with E-state index in [-0.39, 0.29) is 5.41 Å². The van der Waals surface area contributed by atoms with Gasteiger partial charge in [0.05, 0.1) is 6.20 Å². The van der Waals surface area contributed by atoms with Crippen LogP contribution in [0.15, 0.2) is 29.5 Å². The maximum Gasteiger partial charge on any atom is 0.109 e. The van der Waals surface area contributed by atoms with E-state index in [9.17, 15) is 0 Å². The van der Waals surface area contributed by atoms with Gasteiger partial charge in [0.2, 0.25) is 0 Å². The molecule has 2 aromatic heterocycles. The summed E-state index contributed by atoms with van der Waals surface area (Å²) in [6, 6.07) is 2.52. The molecule has 0 radical (unpaired) electrons. The molecule has 4 heteroatoms. The Hall–Kier alpha value is -1.81. The molecule has 0 fully saturated rings. The van der Waals surface area contributed by atoms with Crippen LogP contribution in [0.2, 0.25) is 0 Å². The highest BCUT2D eigenvalue weighted by atomic mass is 16.3. The standard InChI is InChI=1S/C17H23N3O/c1-5-20-11-13(10-19-20)9-18-15-7-17(3,4)8-16-14(15)6-12(2)21-16/h5-6,10-11,15,18H,1,7-9H2,2-4H3. The number of aryl methyl sites for hydroxylation is 1. The first-order valence-electron chi connectivity index (χ1n) is 7.45. The van der Waals surface area contributed by atoms with Crippen molar-refractivity contribution in [1.82, 2.24) is 15.1 Å². The first-order chi connectivity index (χ1) is 9.97. The van der Waals surface area contributed by atoms with Crippen LogP contribution < -0.4 is 5.32 Å². The second kappa shape index (κ2) is 5.19. The number of nitrogens with zero attached hydrogens (tertiary/aromatic N) is 2. The molecular formula is C17H23N3O. The summed E-state index contributed by atoms with van der Waals surface area (Å²) >= 11 is 0. The minimum absolute atomic E-state index is 0.264. The molecule has 2 aromatic rings. The van der Waals surface area contributed by atoms with Crippen LogP contribution in [-0.2, 0) is 13.0 Å². The summed E-state index contributed by atoms with van der Waals surface area (Å²) in [7, 11) is 0. The van der Waals surface area contributed by atoms with E-state index >= 15 is 0 Å². The fourth-order valence-electron chi connectivity index (χ4n) is 3.18. The number of aromatic nitrogens is 2. The third-order valence-corrected chi connectivity index (χ3v) is 4.13. The van der Waals surface area contributed by atoms with Crippen LogP contribution in [0.25, 0.3) is 6.20 Å². The maximum absolute atomic E-state index is 5.88. The van der Waals surface area contributed by atoms with Gasteiger partial charge in [-0.2, -0.15) is 5.10 Å². The van der Waals surface area contributed by atoms with Crippen molar-refractivity contribution in [3.63, 3.8) is 0 Å². The Morgan fingerprint density at radius 2 is 2.38 bits per heavy atom. The molecule has 0 saturated carbocycles. The van der Waals surface area contributed by atoms with Gasteiger partial charge < -0.3 is 9.73 Å². The monoisotopic (exact) mass is 285 g/mol. The van der Waals surface area contributed by atoms with Gasteiger partial charge >= 0.3 is 0 Å². The number of furan rings is 1. The lowest BCUT2D eigenvalue weighted by molar-refractivity contribution is 0.233. The van der Waals surface area contributed by atoms with E-state index in [0.29, 0.717) is 6.04 Å². The molecule has 1 aliphatic carbocycles. The molecule has 112 valence electrons. The quantitative estimate of drug-likeness (QED) is 0.931. The van der Waals surface area contributed by atoms with Crippen molar-refractivity contribution in [2.24, 2.45) is 5.41 Å². The van der Waals surface area contributed by atoms with Crippen molar-refractivity contribution in [2.45, 2.75) is 46.2 Å². The Kier molecular flexibility index (Phi) is 3.49. The third kappa shape index (κ3) is 2.95. The molecule has 0 saturated heterocycles. The van der Waals surface area contributed by atoms with Gasteiger partial charge in [-0.25, -0.2) is 4.68 Å². The van der Waals surface area contributed by atoms with Gasteiger partial charge in [-0.3, -0.25) is 0 Å². The highest BCUT2D eigenvalue weighted by molar-refractivity contribution is 5.29. The van der Waals surface area contributed by atoms with Crippen molar-refractivity contribution in [2.75, 3.05) is 0 Å². The topological polar surface area (TPSA) is 43.0 Å². The molecule has 0 spiro atoms. The van der Waals surface area contributed by atoms with Crippen molar-refractivity contribution in [1.29, 1.82) is 0 Å². The van der Waals surface area contributed by atoms with Crippen LogP contribution in [0.5, 0.6) is 0 Å². The van der Waals surface area contributed by atoms with Crippen molar-refractivity contribution >= 4 is 6.20 Å². The van der Waals surface area contributed by atoms with Crippen LogP contribution in [0.1, 0.15) is 49.0 Å². The number of hydrogen-bond acceptors (Lipinski definition) is 3. The van der Waals surface area contributed by atoms with Gasteiger partial charge in [0.1, 0.15) is 11.5 Å². The van der Waals surface area contributed by atoms with Crippen LogP contribution in [0.4, 0.5) is 0 Å². The summed E-state index contributed by atoms with van der Waals surface area (Å²) in [5.74, 6) is 2.15. The van der Waals surface area contributed by atoms with Gasteiger partial charge in [0.15, 0.2) is 0 Å². The van der Waals surface area contributed by atoms with Gasteiger partial charge in [-0.1, -0.05) is 20.4 Å². The summed E-state index contributed by atoms with van der Waals surface area (Å²) in [4.78, 5) is 0. The Labute approximate surface area is 125 Å². The fraction of sp³-hybridized carbons (Fsp3) is 0.471. The van der Waals surface area contributed by atoms with E-state index < -0.39 is 0 Å². The molecule has 1 atom stereocenters. The summed E-state index contributed by atoms with van der Waals surface area (Å²) in [5, 5.41) is 7.87. The highest BCUT2D eigenvalue weighted by Crippen LogP contribution is 2.42. The molecule has 3 rings (SSSR count). The number of rotatable bonds is 4. The molecule has 4 nitrogen and oxygen atoms in total. The molecule has 0 amide bonds. The van der Waals surface area contributed by atoms with E-state index in [1.54, 1.807) is 10.9 Å². The van der Waals surface area contributed by atoms with Gasteiger partial charge in [-0.05, 0) is 24.8 Å². The number of hydrogen-bond donors (Lipinski definition) is 1. The molecule has 21 heavy (non-hydrogen) atoms. The van der Waals surface area contributed by atoms with Gasteiger partial charge in [0.25, 0.3) is 0 Å². The molecule has 2 heterocycles. The molecular weight excluding hydrogens is 262 g/mol. The van der Waals surface area contributed by atoms with Crippen molar-refractivity contribution in [3.8, 4) is 0 Å². The van der Waals surface area contributed by atoms with Crippen molar-refractivity contribution in [3.05, 3.63) is 47.7 Å². The molecule has 1 N–H and O–H groups in total. The van der Waals surface area contributed by atoms with Crippen LogP contribution in [0.3, 0.4) is 0 Å². The largest absolute Gasteiger partial charge is 0.466 e. The first kappa shape index (κ1) is 14.1. The zero-order chi connectivity index (χ0) is 15.0. The van der Waals surface area contributed by atoms with Gasteiger partial charge in [0, 0.05) is 42.5 Å². The second-order valence-corrected chi connectivity index (χ2v) is 6.73. The van der Waals surface area contributed by atoms with E-state index in [2.05, 4.69) is 36.9 Å². The Morgan fingerprint density at radius 3 is 3.10 bits per heavy atom. The van der Waals surface area contributed by atoms with Crippen LogP contribution >= 0.6 is 0 Å². The van der Waals surface area contributed by atoms with E-state index in [0.717, 1.165) is 30.9 Å². The molecule has 0 aliphatic heterocycles. The fourth-order valence-corrected chi connectivity index (χ4v) is 3.18. The highest BCUT2D eigenvalue weighted by Gasteiger charge is 2.34. The lowest BCUT2D eigenvalue weighted by Crippen LogP contribution is -2.32. The van der Waals surface area contributed by atoms with E-state index in [1.165, 1.54) is 11.1 Å². The van der Waals surface area contributed by atoms with Gasteiger partial charge in [-0.15, -0.1) is 0 Å². The zero-order valence-corrected chi connectivity index (χ0v) is 13.0. The predicted octanol–water partition coefficient (Wildman–Crippen LogP) is 3.69. The lowest BCUT2D eigenvalue weighted by atomic mass is 9.74. The van der Waals surface area contributed by atoms with Crippen molar-refractivity contribution < 1.29 is 4.42 Å². The molecule has 1 aliphatic rings. The molecule has 0 bridgehead atoms. The minimum atomic E-state index is 0.264. The predicted molar refractivity (Wildman–Crippen MR) is 83.7 cm³/mol. The summed E-state index contributed by atoms with van der Waals surface area (Å²) in [6.45, 7) is 11.1. The second-order valence-electron chi connectivity index (χ2n) is 6.73. The Bertz CT molecular complexity index is 651. The normalized spacial score (nSPS) is 20.2. The smallest absolute Gasteiger partial charge is 0.109 e. The lowest BCUT2D eigenvalue weighted by Gasteiger charge is -2.34. The van der Waals surface area contributed by atoms with E-state index in [1.807, 2.05) is 19.3 Å². The summed E-state index contributed by atoms with van der Waals surface area (Å²) in [5.41, 5.74) is 2.75. The third-order valence-electron chi connectivity index (χ3n) is 4.13. The average Bonchev–Trinajstić information content (AvgIpc) is 3.00.